The van der Waals surface area contributed by atoms with Crippen LogP contribution in [-0.4, -0.2) is 40.0 Å². The molecule has 2 heterocycles. The van der Waals surface area contributed by atoms with Crippen LogP contribution in [-0.2, 0) is 0 Å². The monoisotopic (exact) mass is 484 g/mol. The molecule has 35 heavy (non-hydrogen) atoms. The molecule has 0 atom stereocenters. The van der Waals surface area contributed by atoms with E-state index >= 15 is 0 Å². The van der Waals surface area contributed by atoms with E-state index < -0.39 is 5.91 Å². The number of amides is 2. The number of rotatable bonds is 7. The molecule has 2 aromatic carbocycles. The second-order valence-electron chi connectivity index (χ2n) is 7.32. The number of nitrogens with two attached hydrogens (primary N) is 1. The predicted molar refractivity (Wildman–Crippen MR) is 133 cm³/mol. The Morgan fingerprint density at radius 3 is 2.63 bits per heavy atom. The zero-order valence-corrected chi connectivity index (χ0v) is 19.2. The first-order valence-electron chi connectivity index (χ1n) is 10.5. The van der Waals surface area contributed by atoms with Gasteiger partial charge < -0.3 is 21.5 Å². The van der Waals surface area contributed by atoms with E-state index in [1.807, 2.05) is 0 Å². The van der Waals surface area contributed by atoms with Gasteiger partial charge in [-0.25, -0.2) is 9.97 Å². The molecular weight excluding hydrogens is 464 g/mol. The third-order valence-electron chi connectivity index (χ3n) is 5.04. The summed E-state index contributed by atoms with van der Waals surface area (Å²) in [6.07, 6.45) is 1.50. The van der Waals surface area contributed by atoms with Gasteiger partial charge in [-0.3, -0.25) is 9.59 Å². The van der Waals surface area contributed by atoms with Crippen molar-refractivity contribution < 1.29 is 14.7 Å². The highest BCUT2D eigenvalue weighted by molar-refractivity contribution is 7.11. The zero-order valence-electron chi connectivity index (χ0n) is 18.4. The number of phenolic OH excluding ortho intramolecular Hbond substituents is 1. The predicted octanol–water partition coefficient (Wildman–Crippen LogP) is 3.39. The molecule has 0 spiro atoms. The fraction of sp³-hybridized carbons (Fsp3) is 0.0800. The van der Waals surface area contributed by atoms with Crippen LogP contribution in [0.3, 0.4) is 0 Å². The molecule has 2 amide bonds. The summed E-state index contributed by atoms with van der Waals surface area (Å²) in [4.78, 5) is 33.7. The number of nitriles is 1. The Hall–Kier alpha value is -4.59. The van der Waals surface area contributed by atoms with Gasteiger partial charge in [-0.1, -0.05) is 24.3 Å². The Morgan fingerprint density at radius 2 is 1.91 bits per heavy atom. The van der Waals surface area contributed by atoms with Crippen LogP contribution in [0, 0.1) is 11.3 Å². The number of benzene rings is 2. The summed E-state index contributed by atoms with van der Waals surface area (Å²) in [5.74, 6) is -0.813. The minimum Gasteiger partial charge on any atom is -0.507 e. The number of hydrogen-bond acceptors (Lipinski definition) is 8. The minimum absolute atomic E-state index is 0.0113. The Labute approximate surface area is 204 Å². The molecule has 0 aliphatic heterocycles. The number of nitrogens with one attached hydrogen (secondary N) is 2. The van der Waals surface area contributed by atoms with E-state index in [0.29, 0.717) is 41.0 Å². The summed E-state index contributed by atoms with van der Waals surface area (Å²) in [5.41, 5.74) is 7.71. The average molecular weight is 485 g/mol. The van der Waals surface area contributed by atoms with Crippen molar-refractivity contribution in [2.75, 3.05) is 18.4 Å². The van der Waals surface area contributed by atoms with Crippen molar-refractivity contribution in [3.63, 3.8) is 0 Å². The maximum absolute atomic E-state index is 12.7. The van der Waals surface area contributed by atoms with E-state index in [-0.39, 0.29) is 28.0 Å². The molecule has 0 saturated carbocycles. The standard InChI is InChI=1S/C25H20N6O3S/c26-8-9-28-23(33)16-5-3-4-15(12-16)18-13-20(17-6-1-2-7-21(17)32)30-22(19(18)14-27)31-24(34)25-29-10-11-35-25/h1-7,10-13,32H,8-9,26H2,(H,28,33)(H,30,31,34). The highest BCUT2D eigenvalue weighted by Crippen LogP contribution is 2.35. The lowest BCUT2D eigenvalue weighted by molar-refractivity contribution is 0.0954. The number of carbonyl (C=O) groups excluding carboxylic acids is 2. The molecule has 4 rings (SSSR count). The van der Waals surface area contributed by atoms with Gasteiger partial charge in [0.15, 0.2) is 10.8 Å². The number of anilines is 1. The molecule has 4 aromatic rings. The number of hydrogen-bond donors (Lipinski definition) is 4. The van der Waals surface area contributed by atoms with E-state index in [4.69, 9.17) is 5.73 Å². The summed E-state index contributed by atoms with van der Waals surface area (Å²) in [6, 6.07) is 17.1. The largest absolute Gasteiger partial charge is 0.507 e. The minimum atomic E-state index is -0.515. The first-order valence-corrected chi connectivity index (χ1v) is 11.4. The lowest BCUT2D eigenvalue weighted by atomic mass is 9.96. The molecule has 0 unspecified atom stereocenters. The molecule has 5 N–H and O–H groups in total. The summed E-state index contributed by atoms with van der Waals surface area (Å²) in [5, 5.41) is 27.7. The normalized spacial score (nSPS) is 10.4. The van der Waals surface area contributed by atoms with Crippen LogP contribution in [0.4, 0.5) is 5.82 Å². The van der Waals surface area contributed by atoms with E-state index in [2.05, 4.69) is 26.7 Å². The Bertz CT molecular complexity index is 1430. The number of pyridine rings is 1. The Balaban J connectivity index is 1.87. The average Bonchev–Trinajstić information content (AvgIpc) is 3.42. The van der Waals surface area contributed by atoms with Crippen LogP contribution >= 0.6 is 11.3 Å². The van der Waals surface area contributed by atoms with Gasteiger partial charge in [0.05, 0.1) is 5.69 Å². The highest BCUT2D eigenvalue weighted by atomic mass is 32.1. The van der Waals surface area contributed by atoms with Crippen LogP contribution in [0.1, 0.15) is 25.7 Å². The third-order valence-corrected chi connectivity index (χ3v) is 5.81. The highest BCUT2D eigenvalue weighted by Gasteiger charge is 2.20. The maximum Gasteiger partial charge on any atom is 0.285 e. The molecular formula is C25H20N6O3S. The van der Waals surface area contributed by atoms with Gasteiger partial charge in [-0.05, 0) is 35.9 Å². The summed E-state index contributed by atoms with van der Waals surface area (Å²) >= 11 is 1.15. The summed E-state index contributed by atoms with van der Waals surface area (Å²) in [7, 11) is 0. The number of carbonyl (C=O) groups is 2. The van der Waals surface area contributed by atoms with E-state index in [1.165, 1.54) is 12.3 Å². The quantitative estimate of drug-likeness (QED) is 0.313. The van der Waals surface area contributed by atoms with Crippen LogP contribution in [0.2, 0.25) is 0 Å². The third kappa shape index (κ3) is 5.16. The van der Waals surface area contributed by atoms with Crippen molar-refractivity contribution in [2.45, 2.75) is 0 Å². The second kappa shape index (κ2) is 10.6. The number of aromatic hydroxyl groups is 1. The van der Waals surface area contributed by atoms with Crippen LogP contribution < -0.4 is 16.4 Å². The first-order chi connectivity index (χ1) is 17.0. The Morgan fingerprint density at radius 1 is 1.09 bits per heavy atom. The lowest BCUT2D eigenvalue weighted by Gasteiger charge is -2.14. The summed E-state index contributed by atoms with van der Waals surface area (Å²) < 4.78 is 0. The van der Waals surface area contributed by atoms with E-state index in [0.717, 1.165) is 11.3 Å². The SMILES string of the molecule is N#Cc1c(-c2cccc(C(=O)NCCN)c2)cc(-c2ccccc2O)nc1NC(=O)c1nccs1. The van der Waals surface area contributed by atoms with Crippen LogP contribution in [0.25, 0.3) is 22.4 Å². The van der Waals surface area contributed by atoms with Gasteiger partial charge >= 0.3 is 0 Å². The first kappa shape index (κ1) is 23.6. The number of thiazole rings is 1. The van der Waals surface area contributed by atoms with Gasteiger partial charge in [0.1, 0.15) is 17.4 Å². The lowest BCUT2D eigenvalue weighted by Crippen LogP contribution is -2.28. The molecule has 0 radical (unpaired) electrons. The molecule has 0 aliphatic rings. The smallest absolute Gasteiger partial charge is 0.285 e. The van der Waals surface area contributed by atoms with E-state index in [9.17, 15) is 20.0 Å². The van der Waals surface area contributed by atoms with Crippen LogP contribution in [0.5, 0.6) is 5.75 Å². The van der Waals surface area contributed by atoms with E-state index in [1.54, 1.807) is 53.9 Å². The van der Waals surface area contributed by atoms with Gasteiger partial charge in [0.2, 0.25) is 0 Å². The molecule has 0 fully saturated rings. The van der Waals surface area contributed by atoms with Crippen molar-refractivity contribution in [1.82, 2.24) is 15.3 Å². The van der Waals surface area contributed by atoms with Crippen molar-refractivity contribution in [2.24, 2.45) is 5.73 Å². The van der Waals surface area contributed by atoms with Gasteiger partial charge in [0.25, 0.3) is 11.8 Å². The maximum atomic E-state index is 12.7. The molecule has 0 aliphatic carbocycles. The van der Waals surface area contributed by atoms with Gasteiger partial charge in [-0.2, -0.15) is 5.26 Å². The number of para-hydroxylation sites is 1. The van der Waals surface area contributed by atoms with Crippen LogP contribution in [0.15, 0.2) is 66.2 Å². The van der Waals surface area contributed by atoms with Crippen molar-refractivity contribution in [3.8, 4) is 34.2 Å². The van der Waals surface area contributed by atoms with Gasteiger partial charge in [0, 0.05) is 41.4 Å². The Kier molecular flexibility index (Phi) is 7.11. The van der Waals surface area contributed by atoms with Crippen molar-refractivity contribution in [3.05, 3.63) is 82.3 Å². The molecule has 0 saturated heterocycles. The molecule has 9 nitrogen and oxygen atoms in total. The fourth-order valence-corrected chi connectivity index (χ4v) is 3.95. The van der Waals surface area contributed by atoms with Gasteiger partial charge in [-0.15, -0.1) is 11.3 Å². The molecule has 10 heteroatoms. The fourth-order valence-electron chi connectivity index (χ4n) is 3.42. The molecule has 0 bridgehead atoms. The molecule has 174 valence electrons. The summed E-state index contributed by atoms with van der Waals surface area (Å²) in [6.45, 7) is 0.632. The zero-order chi connectivity index (χ0) is 24.8. The second-order valence-corrected chi connectivity index (χ2v) is 8.22. The van der Waals surface area contributed by atoms with Crippen molar-refractivity contribution in [1.29, 1.82) is 5.26 Å². The number of phenols is 1. The molecule has 2 aromatic heterocycles. The van der Waals surface area contributed by atoms with Crippen molar-refractivity contribution >= 4 is 29.0 Å². The number of nitrogens with zero attached hydrogens (tertiary/aromatic N) is 3. The topological polar surface area (TPSA) is 154 Å². The number of aromatic nitrogens is 2.